The first-order valence-electron chi connectivity index (χ1n) is 5.88. The third-order valence-electron chi connectivity index (χ3n) is 3.01. The van der Waals surface area contributed by atoms with Gasteiger partial charge in [-0.2, -0.15) is 0 Å². The first-order chi connectivity index (χ1) is 7.52. The molecule has 1 unspecified atom stereocenters. The van der Waals surface area contributed by atoms with E-state index in [2.05, 4.69) is 55.1 Å². The standard InChI is InChI=1S/C12H24N4/c1-9(2)12(16(4)5)7-13-6-11-10(3)14-8-15-11/h8-9,12-13H,6-7H2,1-5H3,(H,14,15). The molecular weight excluding hydrogens is 200 g/mol. The lowest BCUT2D eigenvalue weighted by Crippen LogP contribution is -2.41. The molecule has 0 fully saturated rings. The lowest BCUT2D eigenvalue weighted by molar-refractivity contribution is 0.224. The van der Waals surface area contributed by atoms with Crippen LogP contribution in [0, 0.1) is 12.8 Å². The van der Waals surface area contributed by atoms with Gasteiger partial charge < -0.3 is 15.2 Å². The van der Waals surface area contributed by atoms with Crippen molar-refractivity contribution in [2.75, 3.05) is 20.6 Å². The molecule has 1 aromatic heterocycles. The second-order valence-electron chi connectivity index (χ2n) is 4.88. The molecule has 92 valence electrons. The van der Waals surface area contributed by atoms with Gasteiger partial charge in [0.05, 0.1) is 12.0 Å². The lowest BCUT2D eigenvalue weighted by atomic mass is 10.0. The van der Waals surface area contributed by atoms with Crippen LogP contribution in [0.25, 0.3) is 0 Å². The molecule has 4 nitrogen and oxygen atoms in total. The van der Waals surface area contributed by atoms with Gasteiger partial charge in [0.1, 0.15) is 0 Å². The molecule has 1 atom stereocenters. The van der Waals surface area contributed by atoms with Crippen molar-refractivity contribution in [3.8, 4) is 0 Å². The van der Waals surface area contributed by atoms with Crippen LogP contribution in [0.3, 0.4) is 0 Å². The zero-order valence-electron chi connectivity index (χ0n) is 11.0. The van der Waals surface area contributed by atoms with Crippen LogP contribution in [0.15, 0.2) is 6.33 Å². The van der Waals surface area contributed by atoms with Gasteiger partial charge in [0.15, 0.2) is 0 Å². The Morgan fingerprint density at radius 2 is 2.12 bits per heavy atom. The van der Waals surface area contributed by atoms with Crippen LogP contribution in [0.5, 0.6) is 0 Å². The zero-order valence-corrected chi connectivity index (χ0v) is 11.0. The smallest absolute Gasteiger partial charge is 0.0925 e. The first-order valence-corrected chi connectivity index (χ1v) is 5.88. The molecule has 0 saturated heterocycles. The van der Waals surface area contributed by atoms with Gasteiger partial charge in [-0.15, -0.1) is 0 Å². The molecule has 1 heterocycles. The predicted molar refractivity (Wildman–Crippen MR) is 67.3 cm³/mol. The van der Waals surface area contributed by atoms with Crippen LogP contribution in [0.1, 0.15) is 25.2 Å². The minimum Gasteiger partial charge on any atom is -0.348 e. The molecule has 0 radical (unpaired) electrons. The van der Waals surface area contributed by atoms with Gasteiger partial charge in [0.25, 0.3) is 0 Å². The van der Waals surface area contributed by atoms with E-state index < -0.39 is 0 Å². The number of rotatable bonds is 6. The molecular formula is C12H24N4. The van der Waals surface area contributed by atoms with E-state index in [1.165, 1.54) is 0 Å². The van der Waals surface area contributed by atoms with Gasteiger partial charge in [-0.1, -0.05) is 13.8 Å². The monoisotopic (exact) mass is 224 g/mol. The fourth-order valence-corrected chi connectivity index (χ4v) is 1.92. The van der Waals surface area contributed by atoms with E-state index in [-0.39, 0.29) is 0 Å². The average Bonchev–Trinajstić information content (AvgIpc) is 2.57. The number of H-pyrrole nitrogens is 1. The van der Waals surface area contributed by atoms with E-state index >= 15 is 0 Å². The number of hydrogen-bond acceptors (Lipinski definition) is 3. The van der Waals surface area contributed by atoms with Crippen LogP contribution >= 0.6 is 0 Å². The lowest BCUT2D eigenvalue weighted by Gasteiger charge is -2.28. The zero-order chi connectivity index (χ0) is 12.1. The Hall–Kier alpha value is -0.870. The summed E-state index contributed by atoms with van der Waals surface area (Å²) in [6, 6.07) is 0.569. The molecule has 0 aromatic carbocycles. The Morgan fingerprint density at radius 3 is 2.56 bits per heavy atom. The first kappa shape index (κ1) is 13.2. The van der Waals surface area contributed by atoms with Crippen molar-refractivity contribution in [1.29, 1.82) is 0 Å². The van der Waals surface area contributed by atoms with Crippen LogP contribution in [0.2, 0.25) is 0 Å². The molecule has 2 N–H and O–H groups in total. The number of nitrogens with zero attached hydrogens (tertiary/aromatic N) is 2. The Bertz CT molecular complexity index is 296. The van der Waals surface area contributed by atoms with Gasteiger partial charge in [-0.25, -0.2) is 4.98 Å². The molecule has 0 aliphatic heterocycles. The Kier molecular flexibility index (Phi) is 4.96. The van der Waals surface area contributed by atoms with Crippen molar-refractivity contribution < 1.29 is 0 Å². The van der Waals surface area contributed by atoms with Crippen molar-refractivity contribution >= 4 is 0 Å². The number of likely N-dealkylation sites (N-methyl/N-ethyl adjacent to an activating group) is 1. The third-order valence-corrected chi connectivity index (χ3v) is 3.01. The van der Waals surface area contributed by atoms with Crippen molar-refractivity contribution in [3.63, 3.8) is 0 Å². The van der Waals surface area contributed by atoms with Gasteiger partial charge in [-0.05, 0) is 26.9 Å². The van der Waals surface area contributed by atoms with Gasteiger partial charge in [0.2, 0.25) is 0 Å². The van der Waals surface area contributed by atoms with E-state index in [9.17, 15) is 0 Å². The summed E-state index contributed by atoms with van der Waals surface area (Å²) in [6.07, 6.45) is 1.75. The van der Waals surface area contributed by atoms with Crippen molar-refractivity contribution in [3.05, 3.63) is 17.7 Å². The molecule has 16 heavy (non-hydrogen) atoms. The van der Waals surface area contributed by atoms with E-state index in [0.29, 0.717) is 12.0 Å². The summed E-state index contributed by atoms with van der Waals surface area (Å²) in [5, 5.41) is 3.47. The number of imidazole rings is 1. The largest absolute Gasteiger partial charge is 0.348 e. The number of aromatic amines is 1. The van der Waals surface area contributed by atoms with Gasteiger partial charge in [-0.3, -0.25) is 0 Å². The SMILES string of the molecule is Cc1[nH]cnc1CNCC(C(C)C)N(C)C. The fourth-order valence-electron chi connectivity index (χ4n) is 1.92. The van der Waals surface area contributed by atoms with Crippen LogP contribution < -0.4 is 5.32 Å². The summed E-state index contributed by atoms with van der Waals surface area (Å²) in [4.78, 5) is 9.63. The molecule has 0 amide bonds. The highest BCUT2D eigenvalue weighted by atomic mass is 15.1. The summed E-state index contributed by atoms with van der Waals surface area (Å²) < 4.78 is 0. The van der Waals surface area contributed by atoms with E-state index in [0.717, 1.165) is 24.5 Å². The van der Waals surface area contributed by atoms with Gasteiger partial charge in [0, 0.05) is 24.8 Å². The van der Waals surface area contributed by atoms with Gasteiger partial charge >= 0.3 is 0 Å². The molecule has 1 aromatic rings. The Balaban J connectivity index is 2.37. The second kappa shape index (κ2) is 6.01. The predicted octanol–water partition coefficient (Wildman–Crippen LogP) is 1.39. The van der Waals surface area contributed by atoms with E-state index in [1.807, 2.05) is 0 Å². The third kappa shape index (κ3) is 3.61. The molecule has 1 rings (SSSR count). The highest BCUT2D eigenvalue weighted by Crippen LogP contribution is 2.06. The minimum absolute atomic E-state index is 0.569. The Labute approximate surface area is 98.5 Å². The molecule has 4 heteroatoms. The number of aryl methyl sites for hydroxylation is 1. The topological polar surface area (TPSA) is 44.0 Å². The maximum Gasteiger partial charge on any atom is 0.0925 e. The highest BCUT2D eigenvalue weighted by Gasteiger charge is 2.15. The minimum atomic E-state index is 0.569. The highest BCUT2D eigenvalue weighted by molar-refractivity contribution is 5.07. The number of aromatic nitrogens is 2. The quantitative estimate of drug-likeness (QED) is 0.767. The van der Waals surface area contributed by atoms with Crippen LogP contribution in [0.4, 0.5) is 0 Å². The van der Waals surface area contributed by atoms with Crippen LogP contribution in [-0.4, -0.2) is 41.5 Å². The summed E-state index contributed by atoms with van der Waals surface area (Å²) >= 11 is 0. The molecule has 0 spiro atoms. The second-order valence-corrected chi connectivity index (χ2v) is 4.88. The normalized spacial score (nSPS) is 13.7. The molecule has 0 bridgehead atoms. The average molecular weight is 224 g/mol. The maximum atomic E-state index is 4.27. The van der Waals surface area contributed by atoms with Crippen LogP contribution in [-0.2, 0) is 6.54 Å². The maximum absolute atomic E-state index is 4.27. The molecule has 0 aliphatic carbocycles. The molecule has 0 aliphatic rings. The number of nitrogens with one attached hydrogen (secondary N) is 2. The van der Waals surface area contributed by atoms with Crippen molar-refractivity contribution in [2.24, 2.45) is 5.92 Å². The van der Waals surface area contributed by atoms with E-state index in [1.54, 1.807) is 6.33 Å². The Morgan fingerprint density at radius 1 is 1.44 bits per heavy atom. The van der Waals surface area contributed by atoms with Crippen molar-refractivity contribution in [1.82, 2.24) is 20.2 Å². The summed E-state index contributed by atoms with van der Waals surface area (Å²) in [6.45, 7) is 8.40. The van der Waals surface area contributed by atoms with Crippen molar-refractivity contribution in [2.45, 2.75) is 33.4 Å². The van der Waals surface area contributed by atoms with E-state index in [4.69, 9.17) is 0 Å². The summed E-state index contributed by atoms with van der Waals surface area (Å²) in [5.41, 5.74) is 2.26. The summed E-state index contributed by atoms with van der Waals surface area (Å²) in [7, 11) is 4.26. The molecule has 0 saturated carbocycles. The fraction of sp³-hybridized carbons (Fsp3) is 0.750. The summed E-state index contributed by atoms with van der Waals surface area (Å²) in [5.74, 6) is 0.655. The number of hydrogen-bond donors (Lipinski definition) is 2.